The minimum Gasteiger partial charge on any atom is -0.323 e. The molecular formula is C10H12FNO. The predicted molar refractivity (Wildman–Crippen MR) is 50.3 cm³/mol. The van der Waals surface area contributed by atoms with Crippen LogP contribution in [0.4, 0.5) is 10.1 Å². The van der Waals surface area contributed by atoms with Gasteiger partial charge in [-0.3, -0.25) is 4.79 Å². The zero-order valence-electron chi connectivity index (χ0n) is 7.67. The van der Waals surface area contributed by atoms with E-state index in [0.29, 0.717) is 5.69 Å². The van der Waals surface area contributed by atoms with Gasteiger partial charge in [0.15, 0.2) is 5.67 Å². The molecule has 3 heteroatoms. The molecule has 0 saturated carbocycles. The lowest BCUT2D eigenvalue weighted by Crippen LogP contribution is -2.32. The number of carbonyl (C=O) groups is 1. The van der Waals surface area contributed by atoms with E-state index in [2.05, 4.69) is 5.32 Å². The summed E-state index contributed by atoms with van der Waals surface area (Å²) in [6, 6.07) is 8.81. The van der Waals surface area contributed by atoms with Crippen LogP contribution in [0.3, 0.4) is 0 Å². The Morgan fingerprint density at radius 2 is 1.85 bits per heavy atom. The summed E-state index contributed by atoms with van der Waals surface area (Å²) in [5.74, 6) is -0.626. The summed E-state index contributed by atoms with van der Waals surface area (Å²) in [5.41, 5.74) is -1.23. The van der Waals surface area contributed by atoms with Crippen LogP contribution in [0.5, 0.6) is 0 Å². The lowest BCUT2D eigenvalue weighted by molar-refractivity contribution is -0.125. The molecule has 0 unspecified atom stereocenters. The van der Waals surface area contributed by atoms with Crippen molar-refractivity contribution in [1.82, 2.24) is 0 Å². The van der Waals surface area contributed by atoms with E-state index in [1.807, 2.05) is 6.07 Å². The molecule has 0 atom stereocenters. The summed E-state index contributed by atoms with van der Waals surface area (Å²) in [6.07, 6.45) is 0. The molecule has 1 aromatic rings. The standard InChI is InChI=1S/C10H12FNO/c1-10(2,11)9(13)12-8-6-4-3-5-7-8/h3-7H,1-2H3,(H,12,13). The lowest BCUT2D eigenvalue weighted by atomic mass is 10.1. The minimum atomic E-state index is -1.84. The van der Waals surface area contributed by atoms with E-state index in [9.17, 15) is 9.18 Å². The third-order valence-electron chi connectivity index (χ3n) is 1.57. The normalized spacial score (nSPS) is 11.0. The largest absolute Gasteiger partial charge is 0.323 e. The number of alkyl halides is 1. The average molecular weight is 181 g/mol. The monoisotopic (exact) mass is 181 g/mol. The quantitative estimate of drug-likeness (QED) is 0.745. The van der Waals surface area contributed by atoms with Gasteiger partial charge in [-0.2, -0.15) is 0 Å². The maximum Gasteiger partial charge on any atom is 0.261 e. The van der Waals surface area contributed by atoms with E-state index >= 15 is 0 Å². The molecule has 1 rings (SSSR count). The van der Waals surface area contributed by atoms with Gasteiger partial charge in [0.25, 0.3) is 5.91 Å². The SMILES string of the molecule is CC(C)(F)C(=O)Nc1ccccc1. The van der Waals surface area contributed by atoms with E-state index in [-0.39, 0.29) is 0 Å². The van der Waals surface area contributed by atoms with Crippen molar-refractivity contribution in [3.63, 3.8) is 0 Å². The van der Waals surface area contributed by atoms with Crippen molar-refractivity contribution in [1.29, 1.82) is 0 Å². The summed E-state index contributed by atoms with van der Waals surface area (Å²) in [7, 11) is 0. The molecule has 0 saturated heterocycles. The zero-order chi connectivity index (χ0) is 9.90. The number of benzene rings is 1. The Labute approximate surface area is 76.8 Å². The molecular weight excluding hydrogens is 169 g/mol. The van der Waals surface area contributed by atoms with E-state index < -0.39 is 11.6 Å². The van der Waals surface area contributed by atoms with Gasteiger partial charge in [-0.1, -0.05) is 18.2 Å². The number of amides is 1. The smallest absolute Gasteiger partial charge is 0.261 e. The molecule has 0 aliphatic rings. The number of rotatable bonds is 2. The molecule has 0 spiro atoms. The van der Waals surface area contributed by atoms with E-state index in [0.717, 1.165) is 0 Å². The van der Waals surface area contributed by atoms with Crippen LogP contribution >= 0.6 is 0 Å². The molecule has 0 aliphatic carbocycles. The molecule has 1 amide bonds. The van der Waals surface area contributed by atoms with E-state index in [4.69, 9.17) is 0 Å². The fourth-order valence-corrected chi connectivity index (χ4v) is 0.801. The van der Waals surface area contributed by atoms with Gasteiger partial charge in [0.2, 0.25) is 0 Å². The first-order valence-corrected chi connectivity index (χ1v) is 4.05. The fraction of sp³-hybridized carbons (Fsp3) is 0.300. The maximum atomic E-state index is 13.1. The molecule has 0 radical (unpaired) electrons. The van der Waals surface area contributed by atoms with Crippen molar-refractivity contribution in [2.75, 3.05) is 5.32 Å². The van der Waals surface area contributed by atoms with Gasteiger partial charge in [-0.05, 0) is 26.0 Å². The Hall–Kier alpha value is -1.38. The molecule has 13 heavy (non-hydrogen) atoms. The molecule has 2 nitrogen and oxygen atoms in total. The van der Waals surface area contributed by atoms with Crippen molar-refractivity contribution in [2.24, 2.45) is 0 Å². The van der Waals surface area contributed by atoms with Crippen molar-refractivity contribution in [3.8, 4) is 0 Å². The Balaban J connectivity index is 2.66. The Kier molecular flexibility index (Phi) is 2.66. The van der Waals surface area contributed by atoms with Crippen LogP contribution < -0.4 is 5.32 Å². The van der Waals surface area contributed by atoms with Crippen LogP contribution in [-0.4, -0.2) is 11.6 Å². The lowest BCUT2D eigenvalue weighted by Gasteiger charge is -2.13. The number of anilines is 1. The summed E-state index contributed by atoms with van der Waals surface area (Å²) < 4.78 is 13.1. The summed E-state index contributed by atoms with van der Waals surface area (Å²) >= 11 is 0. The van der Waals surface area contributed by atoms with E-state index in [1.54, 1.807) is 24.3 Å². The molecule has 70 valence electrons. The summed E-state index contributed by atoms with van der Waals surface area (Å²) in [4.78, 5) is 11.1. The first kappa shape index (κ1) is 9.71. The Morgan fingerprint density at radius 1 is 1.31 bits per heavy atom. The summed E-state index contributed by atoms with van der Waals surface area (Å²) in [5, 5.41) is 2.47. The second-order valence-electron chi connectivity index (χ2n) is 3.29. The average Bonchev–Trinajstić information content (AvgIpc) is 2.04. The van der Waals surface area contributed by atoms with Crippen LogP contribution in [-0.2, 0) is 4.79 Å². The predicted octanol–water partition coefficient (Wildman–Crippen LogP) is 2.37. The highest BCUT2D eigenvalue weighted by Crippen LogP contribution is 2.13. The van der Waals surface area contributed by atoms with Crippen molar-refractivity contribution in [3.05, 3.63) is 30.3 Å². The van der Waals surface area contributed by atoms with E-state index in [1.165, 1.54) is 13.8 Å². The van der Waals surface area contributed by atoms with Crippen molar-refractivity contribution >= 4 is 11.6 Å². The highest BCUT2D eigenvalue weighted by atomic mass is 19.1. The number of carbonyl (C=O) groups excluding carboxylic acids is 1. The number of hydrogen-bond donors (Lipinski definition) is 1. The van der Waals surface area contributed by atoms with Crippen LogP contribution in [0.1, 0.15) is 13.8 Å². The molecule has 0 bridgehead atoms. The molecule has 0 aliphatic heterocycles. The molecule has 0 aromatic heterocycles. The molecule has 0 heterocycles. The molecule has 1 N–H and O–H groups in total. The minimum absolute atomic E-state index is 0.609. The Morgan fingerprint density at radius 3 is 2.31 bits per heavy atom. The first-order chi connectivity index (χ1) is 6.00. The van der Waals surface area contributed by atoms with Gasteiger partial charge in [0, 0.05) is 5.69 Å². The third-order valence-corrected chi connectivity index (χ3v) is 1.57. The topological polar surface area (TPSA) is 29.1 Å². The van der Waals surface area contributed by atoms with Gasteiger partial charge >= 0.3 is 0 Å². The van der Waals surface area contributed by atoms with Gasteiger partial charge in [-0.25, -0.2) is 4.39 Å². The molecule has 1 aromatic carbocycles. The van der Waals surface area contributed by atoms with Gasteiger partial charge in [0.05, 0.1) is 0 Å². The van der Waals surface area contributed by atoms with Gasteiger partial charge < -0.3 is 5.32 Å². The number of nitrogens with one attached hydrogen (secondary N) is 1. The number of hydrogen-bond acceptors (Lipinski definition) is 1. The molecule has 0 fully saturated rings. The van der Waals surface area contributed by atoms with Crippen LogP contribution in [0.25, 0.3) is 0 Å². The first-order valence-electron chi connectivity index (χ1n) is 4.05. The Bertz CT molecular complexity index is 290. The van der Waals surface area contributed by atoms with Crippen LogP contribution in [0.15, 0.2) is 30.3 Å². The van der Waals surface area contributed by atoms with Gasteiger partial charge in [-0.15, -0.1) is 0 Å². The number of para-hydroxylation sites is 1. The summed E-state index contributed by atoms with van der Waals surface area (Å²) in [6.45, 7) is 2.45. The second kappa shape index (κ2) is 3.56. The van der Waals surface area contributed by atoms with Crippen molar-refractivity contribution in [2.45, 2.75) is 19.5 Å². The fourth-order valence-electron chi connectivity index (χ4n) is 0.801. The second-order valence-corrected chi connectivity index (χ2v) is 3.29. The van der Waals surface area contributed by atoms with Crippen LogP contribution in [0, 0.1) is 0 Å². The van der Waals surface area contributed by atoms with Gasteiger partial charge in [0.1, 0.15) is 0 Å². The zero-order valence-corrected chi connectivity index (χ0v) is 7.67. The maximum absolute atomic E-state index is 13.1. The van der Waals surface area contributed by atoms with Crippen molar-refractivity contribution < 1.29 is 9.18 Å². The highest BCUT2D eigenvalue weighted by molar-refractivity contribution is 5.96. The third kappa shape index (κ3) is 2.86. The van der Waals surface area contributed by atoms with Crippen LogP contribution in [0.2, 0.25) is 0 Å². The highest BCUT2D eigenvalue weighted by Gasteiger charge is 2.26. The number of halogens is 1.